The van der Waals surface area contributed by atoms with Crippen LogP contribution in [0.2, 0.25) is 0 Å². The van der Waals surface area contributed by atoms with Crippen molar-refractivity contribution < 1.29 is 28.9 Å². The summed E-state index contributed by atoms with van der Waals surface area (Å²) in [5, 5.41) is 11.3. The molecule has 1 heterocycles. The summed E-state index contributed by atoms with van der Waals surface area (Å²) in [6.45, 7) is 10.4. The van der Waals surface area contributed by atoms with Crippen molar-refractivity contribution in [1.82, 2.24) is 4.90 Å². The standard InChI is InChI=1S/C28H35NO6/c1-17(2)34-15-9-14-29-25(21-10-7-8-11-23(21)33-6)24(27(31)28(29)32)26(30)20-12-13-22(19(5)16-20)35-18(3)4/h7-8,10-13,16-18,25,30H,9,14-15H2,1-6H3/b26-24+. The summed E-state index contributed by atoms with van der Waals surface area (Å²) in [5.41, 5.74) is 1.94. The summed E-state index contributed by atoms with van der Waals surface area (Å²) in [6, 6.07) is 11.7. The Bertz CT molecular complexity index is 1100. The molecule has 1 fully saturated rings. The van der Waals surface area contributed by atoms with E-state index >= 15 is 0 Å². The minimum atomic E-state index is -0.780. The maximum Gasteiger partial charge on any atom is 0.295 e. The molecule has 1 aliphatic rings. The first-order valence-electron chi connectivity index (χ1n) is 12.0. The van der Waals surface area contributed by atoms with Crippen LogP contribution in [0, 0.1) is 6.92 Å². The fourth-order valence-corrected chi connectivity index (χ4v) is 4.22. The third kappa shape index (κ3) is 5.85. The molecule has 35 heavy (non-hydrogen) atoms. The Hall–Kier alpha value is -3.32. The van der Waals surface area contributed by atoms with Gasteiger partial charge >= 0.3 is 0 Å². The highest BCUT2D eigenvalue weighted by molar-refractivity contribution is 6.46. The van der Waals surface area contributed by atoms with Crippen molar-refractivity contribution in [1.29, 1.82) is 0 Å². The number of nitrogens with zero attached hydrogens (tertiary/aromatic N) is 1. The van der Waals surface area contributed by atoms with Gasteiger partial charge in [-0.15, -0.1) is 0 Å². The molecule has 1 N–H and O–H groups in total. The first-order chi connectivity index (χ1) is 16.6. The third-order valence-electron chi connectivity index (χ3n) is 5.78. The lowest BCUT2D eigenvalue weighted by Crippen LogP contribution is -2.31. The zero-order valence-corrected chi connectivity index (χ0v) is 21.3. The van der Waals surface area contributed by atoms with Crippen LogP contribution >= 0.6 is 0 Å². The number of carbonyl (C=O) groups is 2. The van der Waals surface area contributed by atoms with Crippen molar-refractivity contribution >= 4 is 17.4 Å². The molecule has 7 nitrogen and oxygen atoms in total. The smallest absolute Gasteiger partial charge is 0.295 e. The Morgan fingerprint density at radius 3 is 2.37 bits per heavy atom. The fraction of sp³-hybridized carbons (Fsp3) is 0.429. The Morgan fingerprint density at radius 2 is 1.74 bits per heavy atom. The number of Topliss-reactive ketones (excluding diaryl/α,β-unsaturated/α-hetero) is 1. The van der Waals surface area contributed by atoms with E-state index in [-0.39, 0.29) is 23.5 Å². The number of rotatable bonds is 10. The molecular formula is C28H35NO6. The molecule has 0 bridgehead atoms. The Morgan fingerprint density at radius 1 is 1.03 bits per heavy atom. The van der Waals surface area contributed by atoms with Crippen LogP contribution in [0.15, 0.2) is 48.0 Å². The van der Waals surface area contributed by atoms with Crippen molar-refractivity contribution in [2.75, 3.05) is 20.3 Å². The van der Waals surface area contributed by atoms with Gasteiger partial charge in [-0.2, -0.15) is 0 Å². The van der Waals surface area contributed by atoms with Crippen LogP contribution in [0.1, 0.15) is 56.8 Å². The molecule has 2 aromatic carbocycles. The minimum Gasteiger partial charge on any atom is -0.507 e. The summed E-state index contributed by atoms with van der Waals surface area (Å²) >= 11 is 0. The molecule has 1 amide bonds. The van der Waals surface area contributed by atoms with Crippen molar-refractivity contribution in [3.8, 4) is 11.5 Å². The van der Waals surface area contributed by atoms with E-state index in [0.717, 1.165) is 5.56 Å². The summed E-state index contributed by atoms with van der Waals surface area (Å²) < 4.78 is 17.0. The molecule has 1 atom stereocenters. The second-order valence-corrected chi connectivity index (χ2v) is 9.15. The normalized spacial score (nSPS) is 17.5. The van der Waals surface area contributed by atoms with E-state index < -0.39 is 17.7 Å². The number of aliphatic hydroxyl groups is 1. The molecule has 7 heteroatoms. The quantitative estimate of drug-likeness (QED) is 0.222. The Kier molecular flexibility index (Phi) is 8.57. The van der Waals surface area contributed by atoms with E-state index in [0.29, 0.717) is 42.2 Å². The van der Waals surface area contributed by atoms with Crippen LogP contribution in [-0.2, 0) is 14.3 Å². The highest BCUT2D eigenvalue weighted by atomic mass is 16.5. The summed E-state index contributed by atoms with van der Waals surface area (Å²) in [7, 11) is 1.54. The summed E-state index contributed by atoms with van der Waals surface area (Å²) in [4.78, 5) is 27.9. The fourth-order valence-electron chi connectivity index (χ4n) is 4.22. The number of likely N-dealkylation sites (tertiary alicyclic amines) is 1. The van der Waals surface area contributed by atoms with E-state index in [2.05, 4.69) is 0 Å². The molecule has 3 rings (SSSR count). The van der Waals surface area contributed by atoms with Gasteiger partial charge in [0.1, 0.15) is 17.3 Å². The van der Waals surface area contributed by atoms with Crippen LogP contribution in [0.5, 0.6) is 11.5 Å². The number of hydrogen-bond donors (Lipinski definition) is 1. The number of aryl methyl sites for hydroxylation is 1. The van der Waals surface area contributed by atoms with Crippen LogP contribution in [0.4, 0.5) is 0 Å². The minimum absolute atomic E-state index is 0.00342. The Labute approximate surface area is 207 Å². The van der Waals surface area contributed by atoms with Gasteiger partial charge < -0.3 is 24.2 Å². The van der Waals surface area contributed by atoms with Gasteiger partial charge in [0.2, 0.25) is 0 Å². The number of para-hydroxylation sites is 1. The van der Waals surface area contributed by atoms with Crippen molar-refractivity contribution in [3.63, 3.8) is 0 Å². The van der Waals surface area contributed by atoms with E-state index in [1.165, 1.54) is 12.0 Å². The second kappa shape index (κ2) is 11.4. The molecule has 0 aliphatic carbocycles. The van der Waals surface area contributed by atoms with Crippen LogP contribution in [-0.4, -0.2) is 54.2 Å². The molecule has 1 saturated heterocycles. The molecule has 188 valence electrons. The molecule has 0 aromatic heterocycles. The maximum absolute atomic E-state index is 13.2. The number of hydrogen-bond acceptors (Lipinski definition) is 6. The highest BCUT2D eigenvalue weighted by Gasteiger charge is 2.46. The average molecular weight is 482 g/mol. The van der Waals surface area contributed by atoms with E-state index in [9.17, 15) is 14.7 Å². The van der Waals surface area contributed by atoms with Gasteiger partial charge in [0, 0.05) is 24.3 Å². The third-order valence-corrected chi connectivity index (χ3v) is 5.78. The number of ketones is 1. The van der Waals surface area contributed by atoms with Gasteiger partial charge in [0.25, 0.3) is 11.7 Å². The van der Waals surface area contributed by atoms with Gasteiger partial charge in [-0.25, -0.2) is 0 Å². The topological polar surface area (TPSA) is 85.3 Å². The van der Waals surface area contributed by atoms with Crippen LogP contribution in [0.25, 0.3) is 5.76 Å². The number of methoxy groups -OCH3 is 1. The summed E-state index contributed by atoms with van der Waals surface area (Å²) in [5.74, 6) is -0.361. The monoisotopic (exact) mass is 481 g/mol. The average Bonchev–Trinajstić information content (AvgIpc) is 3.07. The predicted molar refractivity (Wildman–Crippen MR) is 135 cm³/mol. The van der Waals surface area contributed by atoms with Crippen LogP contribution < -0.4 is 9.47 Å². The lowest BCUT2D eigenvalue weighted by atomic mass is 9.94. The molecular weight excluding hydrogens is 446 g/mol. The van der Waals surface area contributed by atoms with Gasteiger partial charge in [0.05, 0.1) is 30.9 Å². The molecule has 0 saturated carbocycles. The van der Waals surface area contributed by atoms with Crippen molar-refractivity contribution in [2.45, 2.75) is 59.3 Å². The summed E-state index contributed by atoms with van der Waals surface area (Å²) in [6.07, 6.45) is 0.627. The van der Waals surface area contributed by atoms with E-state index in [1.807, 2.05) is 52.8 Å². The zero-order valence-electron chi connectivity index (χ0n) is 21.3. The van der Waals surface area contributed by atoms with Crippen molar-refractivity contribution in [3.05, 3.63) is 64.7 Å². The largest absolute Gasteiger partial charge is 0.507 e. The number of carbonyl (C=O) groups excluding carboxylic acids is 2. The Balaban J connectivity index is 2.08. The first kappa shape index (κ1) is 26.3. The molecule has 2 aromatic rings. The number of amides is 1. The van der Waals surface area contributed by atoms with Crippen LogP contribution in [0.3, 0.4) is 0 Å². The molecule has 1 unspecified atom stereocenters. The lowest BCUT2D eigenvalue weighted by molar-refractivity contribution is -0.140. The molecule has 1 aliphatic heterocycles. The van der Waals surface area contributed by atoms with Gasteiger partial charge in [-0.05, 0) is 70.9 Å². The number of benzene rings is 2. The zero-order chi connectivity index (χ0) is 25.7. The SMILES string of the molecule is COc1ccccc1C1/C(=C(\O)c2ccc(OC(C)C)c(C)c2)C(=O)C(=O)N1CCCOC(C)C. The predicted octanol–water partition coefficient (Wildman–Crippen LogP) is 5.03. The second-order valence-electron chi connectivity index (χ2n) is 9.15. The van der Waals surface area contributed by atoms with Crippen molar-refractivity contribution in [2.24, 2.45) is 0 Å². The van der Waals surface area contributed by atoms with E-state index in [4.69, 9.17) is 14.2 Å². The number of aliphatic hydroxyl groups excluding tert-OH is 1. The lowest BCUT2D eigenvalue weighted by Gasteiger charge is -2.26. The van der Waals surface area contributed by atoms with Gasteiger partial charge in [0.15, 0.2) is 0 Å². The van der Waals surface area contributed by atoms with Gasteiger partial charge in [-0.3, -0.25) is 9.59 Å². The molecule has 0 spiro atoms. The molecule has 0 radical (unpaired) electrons. The number of ether oxygens (including phenoxy) is 3. The van der Waals surface area contributed by atoms with Gasteiger partial charge in [-0.1, -0.05) is 18.2 Å². The van der Waals surface area contributed by atoms with E-state index in [1.54, 1.807) is 24.3 Å². The first-order valence-corrected chi connectivity index (χ1v) is 12.0. The highest BCUT2D eigenvalue weighted by Crippen LogP contribution is 2.43. The maximum atomic E-state index is 13.2.